The first-order valence-electron chi connectivity index (χ1n) is 7.25. The van der Waals surface area contributed by atoms with Gasteiger partial charge < -0.3 is 15.0 Å². The largest absolute Gasteiger partial charge is 0.380 e. The predicted octanol–water partition coefficient (Wildman–Crippen LogP) is 2.76. The molecule has 0 aliphatic rings. The number of hydrogen-bond acceptors (Lipinski definition) is 3. The standard InChI is InChI=1S/C15H34N2O/c1-8-17(10-11-18-9-2)13-15(6,7)12-16-14(3,4)5/h16H,8-13H2,1-7H3. The summed E-state index contributed by atoms with van der Waals surface area (Å²) in [5.41, 5.74) is 0.481. The fourth-order valence-electron chi connectivity index (χ4n) is 1.85. The fourth-order valence-corrected chi connectivity index (χ4v) is 1.85. The third kappa shape index (κ3) is 9.86. The van der Waals surface area contributed by atoms with Gasteiger partial charge in [0.05, 0.1) is 6.61 Å². The molecule has 0 aromatic heterocycles. The molecule has 110 valence electrons. The monoisotopic (exact) mass is 258 g/mol. The normalized spacial score (nSPS) is 13.3. The summed E-state index contributed by atoms with van der Waals surface area (Å²) in [5.74, 6) is 0. The van der Waals surface area contributed by atoms with Crippen LogP contribution in [0.1, 0.15) is 48.5 Å². The van der Waals surface area contributed by atoms with Crippen molar-refractivity contribution >= 4 is 0 Å². The van der Waals surface area contributed by atoms with Crippen LogP contribution in [0.4, 0.5) is 0 Å². The molecule has 0 atom stereocenters. The van der Waals surface area contributed by atoms with E-state index in [-0.39, 0.29) is 11.0 Å². The number of hydrogen-bond donors (Lipinski definition) is 1. The van der Waals surface area contributed by atoms with Gasteiger partial charge in [0, 0.05) is 31.8 Å². The molecule has 0 saturated heterocycles. The van der Waals surface area contributed by atoms with Crippen LogP contribution in [0.25, 0.3) is 0 Å². The van der Waals surface area contributed by atoms with E-state index in [0.29, 0.717) is 0 Å². The van der Waals surface area contributed by atoms with Gasteiger partial charge in [0.1, 0.15) is 0 Å². The van der Waals surface area contributed by atoms with Gasteiger partial charge in [0.25, 0.3) is 0 Å². The molecule has 0 amide bonds. The van der Waals surface area contributed by atoms with Crippen LogP contribution in [0, 0.1) is 5.41 Å². The molecule has 3 nitrogen and oxygen atoms in total. The van der Waals surface area contributed by atoms with Gasteiger partial charge in [-0.3, -0.25) is 0 Å². The van der Waals surface area contributed by atoms with E-state index >= 15 is 0 Å². The molecule has 18 heavy (non-hydrogen) atoms. The van der Waals surface area contributed by atoms with E-state index in [0.717, 1.165) is 39.4 Å². The molecule has 0 unspecified atom stereocenters. The highest BCUT2D eigenvalue weighted by Crippen LogP contribution is 2.17. The zero-order valence-electron chi connectivity index (χ0n) is 13.6. The smallest absolute Gasteiger partial charge is 0.0593 e. The average molecular weight is 258 g/mol. The van der Waals surface area contributed by atoms with Crippen molar-refractivity contribution in [2.75, 3.05) is 39.4 Å². The van der Waals surface area contributed by atoms with Crippen LogP contribution in [0.3, 0.4) is 0 Å². The second-order valence-corrected chi connectivity index (χ2v) is 6.83. The molecule has 0 heterocycles. The second-order valence-electron chi connectivity index (χ2n) is 6.83. The summed E-state index contributed by atoms with van der Waals surface area (Å²) in [7, 11) is 0. The van der Waals surface area contributed by atoms with Crippen molar-refractivity contribution in [3.05, 3.63) is 0 Å². The lowest BCUT2D eigenvalue weighted by molar-refractivity contribution is 0.0952. The van der Waals surface area contributed by atoms with Crippen LogP contribution in [0.2, 0.25) is 0 Å². The summed E-state index contributed by atoms with van der Waals surface area (Å²) in [5, 5.41) is 3.60. The van der Waals surface area contributed by atoms with Crippen LogP contribution < -0.4 is 5.32 Å². The van der Waals surface area contributed by atoms with Crippen LogP contribution in [-0.2, 0) is 4.74 Å². The Morgan fingerprint density at radius 1 is 1.06 bits per heavy atom. The average Bonchev–Trinajstić information content (AvgIpc) is 2.24. The molecule has 0 rings (SSSR count). The molecule has 0 fully saturated rings. The third-order valence-corrected chi connectivity index (χ3v) is 2.95. The molecule has 0 saturated carbocycles. The molecule has 0 aromatic carbocycles. The Morgan fingerprint density at radius 2 is 1.67 bits per heavy atom. The minimum Gasteiger partial charge on any atom is -0.380 e. The minimum atomic E-state index is 0.194. The van der Waals surface area contributed by atoms with Gasteiger partial charge >= 0.3 is 0 Å². The lowest BCUT2D eigenvalue weighted by atomic mass is 9.91. The molecule has 3 heteroatoms. The van der Waals surface area contributed by atoms with Gasteiger partial charge in [0.2, 0.25) is 0 Å². The highest BCUT2D eigenvalue weighted by molar-refractivity contribution is 4.80. The Bertz CT molecular complexity index is 209. The molecule has 0 aromatic rings. The zero-order valence-corrected chi connectivity index (χ0v) is 13.6. The van der Waals surface area contributed by atoms with Crippen molar-refractivity contribution in [3.8, 4) is 0 Å². The molecule has 0 radical (unpaired) electrons. The van der Waals surface area contributed by atoms with E-state index in [1.54, 1.807) is 0 Å². The van der Waals surface area contributed by atoms with E-state index in [4.69, 9.17) is 4.74 Å². The number of ether oxygens (including phenoxy) is 1. The van der Waals surface area contributed by atoms with E-state index in [9.17, 15) is 0 Å². The molecule has 0 spiro atoms. The SMILES string of the molecule is CCOCCN(CC)CC(C)(C)CNC(C)(C)C. The van der Waals surface area contributed by atoms with Crippen molar-refractivity contribution in [2.24, 2.45) is 5.41 Å². The van der Waals surface area contributed by atoms with Gasteiger partial charge in [-0.25, -0.2) is 0 Å². The van der Waals surface area contributed by atoms with Crippen molar-refractivity contribution < 1.29 is 4.74 Å². The minimum absolute atomic E-state index is 0.194. The number of nitrogens with one attached hydrogen (secondary N) is 1. The summed E-state index contributed by atoms with van der Waals surface area (Å²) in [6.45, 7) is 21.5. The quantitative estimate of drug-likeness (QED) is 0.644. The highest BCUT2D eigenvalue weighted by atomic mass is 16.5. The van der Waals surface area contributed by atoms with Gasteiger partial charge in [-0.15, -0.1) is 0 Å². The number of nitrogens with zero attached hydrogens (tertiary/aromatic N) is 1. The zero-order chi connectivity index (χ0) is 14.2. The molecular weight excluding hydrogens is 224 g/mol. The Hall–Kier alpha value is -0.120. The van der Waals surface area contributed by atoms with Crippen LogP contribution in [-0.4, -0.2) is 49.8 Å². The van der Waals surface area contributed by atoms with Gasteiger partial charge in [-0.05, 0) is 39.7 Å². The Balaban J connectivity index is 4.09. The van der Waals surface area contributed by atoms with E-state index in [2.05, 4.69) is 51.8 Å². The first kappa shape index (κ1) is 17.9. The van der Waals surface area contributed by atoms with Crippen molar-refractivity contribution in [3.63, 3.8) is 0 Å². The molecule has 0 bridgehead atoms. The van der Waals surface area contributed by atoms with Gasteiger partial charge in [0.15, 0.2) is 0 Å². The lowest BCUT2D eigenvalue weighted by Gasteiger charge is -2.35. The lowest BCUT2D eigenvalue weighted by Crippen LogP contribution is -2.46. The van der Waals surface area contributed by atoms with E-state index in [1.807, 2.05) is 6.92 Å². The first-order valence-corrected chi connectivity index (χ1v) is 7.25. The van der Waals surface area contributed by atoms with E-state index in [1.165, 1.54) is 0 Å². The summed E-state index contributed by atoms with van der Waals surface area (Å²) in [4.78, 5) is 2.47. The Morgan fingerprint density at radius 3 is 2.11 bits per heavy atom. The maximum atomic E-state index is 5.44. The Labute approximate surface area is 114 Å². The maximum absolute atomic E-state index is 5.44. The summed E-state index contributed by atoms with van der Waals surface area (Å²) in [6.07, 6.45) is 0. The number of rotatable bonds is 9. The van der Waals surface area contributed by atoms with E-state index < -0.39 is 0 Å². The number of likely N-dealkylation sites (N-methyl/N-ethyl adjacent to an activating group) is 1. The van der Waals surface area contributed by atoms with Crippen LogP contribution in [0.15, 0.2) is 0 Å². The molecule has 0 aliphatic carbocycles. The van der Waals surface area contributed by atoms with Crippen molar-refractivity contribution in [2.45, 2.75) is 54.0 Å². The van der Waals surface area contributed by atoms with Crippen molar-refractivity contribution in [1.29, 1.82) is 0 Å². The fraction of sp³-hybridized carbons (Fsp3) is 1.00. The molecular formula is C15H34N2O. The third-order valence-electron chi connectivity index (χ3n) is 2.95. The van der Waals surface area contributed by atoms with Gasteiger partial charge in [-0.1, -0.05) is 20.8 Å². The second kappa shape index (κ2) is 8.13. The topological polar surface area (TPSA) is 24.5 Å². The predicted molar refractivity (Wildman–Crippen MR) is 80.1 cm³/mol. The summed E-state index contributed by atoms with van der Waals surface area (Å²) in [6, 6.07) is 0. The summed E-state index contributed by atoms with van der Waals surface area (Å²) >= 11 is 0. The van der Waals surface area contributed by atoms with Crippen molar-refractivity contribution in [1.82, 2.24) is 10.2 Å². The van der Waals surface area contributed by atoms with Gasteiger partial charge in [-0.2, -0.15) is 0 Å². The maximum Gasteiger partial charge on any atom is 0.0593 e. The van der Waals surface area contributed by atoms with Crippen LogP contribution in [0.5, 0.6) is 0 Å². The molecule has 0 aliphatic heterocycles. The van der Waals surface area contributed by atoms with Crippen LogP contribution >= 0.6 is 0 Å². The molecule has 1 N–H and O–H groups in total. The Kier molecular flexibility index (Phi) is 8.08. The summed E-state index contributed by atoms with van der Waals surface area (Å²) < 4.78 is 5.44. The first-order chi connectivity index (χ1) is 8.20. The highest BCUT2D eigenvalue weighted by Gasteiger charge is 2.23.